The molecule has 3 amide bonds. The number of nitrogens with one attached hydrogen (secondary N) is 2. The van der Waals surface area contributed by atoms with E-state index in [0.717, 1.165) is 24.1 Å². The predicted molar refractivity (Wildman–Crippen MR) is 119 cm³/mol. The van der Waals surface area contributed by atoms with E-state index in [2.05, 4.69) is 10.6 Å². The number of hydrogen-bond donors (Lipinski definition) is 2. The fraction of sp³-hybridized carbons (Fsp3) is 0.458. The number of amides is 3. The number of fused-ring (bicyclic) bond motifs is 4. The van der Waals surface area contributed by atoms with Crippen molar-refractivity contribution in [2.45, 2.75) is 44.7 Å². The van der Waals surface area contributed by atoms with Crippen LogP contribution in [0.5, 0.6) is 0 Å². The molecule has 0 aliphatic carbocycles. The van der Waals surface area contributed by atoms with Gasteiger partial charge in [0.1, 0.15) is 6.04 Å². The maximum absolute atomic E-state index is 13.2. The largest absolute Gasteiger partial charge is 0.354 e. The molecule has 7 nitrogen and oxygen atoms in total. The quantitative estimate of drug-likeness (QED) is 0.748. The molecule has 0 saturated carbocycles. The zero-order chi connectivity index (χ0) is 21.8. The number of piperidine rings is 1. The van der Waals surface area contributed by atoms with Crippen molar-refractivity contribution in [2.24, 2.45) is 5.92 Å². The summed E-state index contributed by atoms with van der Waals surface area (Å²) >= 11 is 0. The van der Waals surface area contributed by atoms with Crippen LogP contribution >= 0.6 is 0 Å². The molecule has 3 heterocycles. The van der Waals surface area contributed by atoms with Crippen molar-refractivity contribution in [1.82, 2.24) is 20.1 Å². The first kappa shape index (κ1) is 21.2. The Morgan fingerprint density at radius 1 is 1.06 bits per heavy atom. The Morgan fingerprint density at radius 3 is 2.65 bits per heavy atom. The van der Waals surface area contributed by atoms with Crippen LogP contribution in [0.15, 0.2) is 53.3 Å². The van der Waals surface area contributed by atoms with Gasteiger partial charge < -0.3 is 20.1 Å². The summed E-state index contributed by atoms with van der Waals surface area (Å²) in [4.78, 5) is 39.9. The molecule has 7 heteroatoms. The predicted octanol–water partition coefficient (Wildman–Crippen LogP) is 2.11. The topological polar surface area (TPSA) is 83.4 Å². The Bertz CT molecular complexity index is 988. The second kappa shape index (κ2) is 9.37. The number of urea groups is 1. The summed E-state index contributed by atoms with van der Waals surface area (Å²) in [5, 5.41) is 5.88. The van der Waals surface area contributed by atoms with Crippen molar-refractivity contribution in [3.8, 4) is 0 Å². The molecule has 31 heavy (non-hydrogen) atoms. The van der Waals surface area contributed by atoms with Crippen LogP contribution in [-0.4, -0.2) is 47.1 Å². The van der Waals surface area contributed by atoms with Crippen LogP contribution < -0.4 is 16.2 Å². The van der Waals surface area contributed by atoms with Gasteiger partial charge in [-0.2, -0.15) is 0 Å². The molecule has 164 valence electrons. The molecule has 0 spiro atoms. The molecule has 0 unspecified atom stereocenters. The molecule has 1 saturated heterocycles. The normalized spacial score (nSPS) is 20.5. The lowest BCUT2D eigenvalue weighted by Gasteiger charge is -2.43. The fourth-order valence-electron chi connectivity index (χ4n) is 4.73. The highest BCUT2D eigenvalue weighted by molar-refractivity contribution is 5.87. The van der Waals surface area contributed by atoms with Crippen LogP contribution in [-0.2, 0) is 17.8 Å². The molecular formula is C24H30N4O3. The lowest BCUT2D eigenvalue weighted by atomic mass is 9.83. The van der Waals surface area contributed by atoms with Gasteiger partial charge in [0.05, 0.1) is 0 Å². The minimum absolute atomic E-state index is 0.0284. The highest BCUT2D eigenvalue weighted by atomic mass is 16.2. The van der Waals surface area contributed by atoms with E-state index in [-0.39, 0.29) is 29.3 Å². The Morgan fingerprint density at radius 2 is 1.87 bits per heavy atom. The molecule has 1 aromatic carbocycles. The van der Waals surface area contributed by atoms with Crippen LogP contribution in [0.1, 0.15) is 36.9 Å². The molecule has 2 aliphatic rings. The molecule has 2 bridgehead atoms. The number of hydrogen-bond acceptors (Lipinski definition) is 3. The van der Waals surface area contributed by atoms with Crippen LogP contribution in [0.3, 0.4) is 0 Å². The number of carbonyl (C=O) groups excluding carboxylic acids is 2. The van der Waals surface area contributed by atoms with E-state index in [0.29, 0.717) is 32.6 Å². The van der Waals surface area contributed by atoms with Crippen LogP contribution in [0, 0.1) is 5.92 Å². The summed E-state index contributed by atoms with van der Waals surface area (Å²) in [6.07, 6.45) is 2.27. The zero-order valence-electron chi connectivity index (χ0n) is 17.9. The van der Waals surface area contributed by atoms with Gasteiger partial charge in [0.15, 0.2) is 0 Å². The minimum atomic E-state index is -0.627. The fourth-order valence-corrected chi connectivity index (χ4v) is 4.73. The zero-order valence-corrected chi connectivity index (χ0v) is 17.9. The van der Waals surface area contributed by atoms with E-state index in [1.165, 1.54) is 0 Å². The summed E-state index contributed by atoms with van der Waals surface area (Å²) in [6.45, 7) is 4.37. The molecule has 0 radical (unpaired) electrons. The summed E-state index contributed by atoms with van der Waals surface area (Å²) in [6, 6.07) is 14.3. The van der Waals surface area contributed by atoms with E-state index in [1.807, 2.05) is 52.8 Å². The van der Waals surface area contributed by atoms with Crippen LogP contribution in [0.4, 0.5) is 4.79 Å². The maximum atomic E-state index is 13.2. The Kier molecular flexibility index (Phi) is 6.39. The Balaban J connectivity index is 1.47. The van der Waals surface area contributed by atoms with E-state index in [1.54, 1.807) is 12.1 Å². The number of pyridine rings is 1. The number of rotatable bonds is 6. The monoisotopic (exact) mass is 422 g/mol. The van der Waals surface area contributed by atoms with Gasteiger partial charge in [0.25, 0.3) is 5.56 Å². The van der Waals surface area contributed by atoms with E-state index in [9.17, 15) is 14.4 Å². The average molecular weight is 423 g/mol. The van der Waals surface area contributed by atoms with Crippen LogP contribution in [0.2, 0.25) is 0 Å². The molecule has 3 atom stereocenters. The molecule has 4 rings (SSSR count). The van der Waals surface area contributed by atoms with Crippen molar-refractivity contribution < 1.29 is 9.59 Å². The average Bonchev–Trinajstić information content (AvgIpc) is 2.78. The van der Waals surface area contributed by atoms with Gasteiger partial charge in [-0.1, -0.05) is 43.3 Å². The van der Waals surface area contributed by atoms with Crippen molar-refractivity contribution in [1.29, 1.82) is 0 Å². The van der Waals surface area contributed by atoms with Crippen molar-refractivity contribution >= 4 is 11.9 Å². The Labute approximate surface area is 182 Å². The lowest BCUT2D eigenvalue weighted by Crippen LogP contribution is -2.56. The van der Waals surface area contributed by atoms with Gasteiger partial charge in [0, 0.05) is 50.3 Å². The highest BCUT2D eigenvalue weighted by Gasteiger charge is 2.37. The van der Waals surface area contributed by atoms with Gasteiger partial charge in [0.2, 0.25) is 5.91 Å². The molecular weight excluding hydrogens is 392 g/mol. The SMILES string of the molecule is CCCNC(=O)[C@H](Cc1ccccc1)NC(=O)N1C[C@H]2C[C@@H](C1)c1cccc(=O)n1C2. The number of benzene rings is 1. The third-order valence-electron chi connectivity index (χ3n) is 6.21. The second-order valence-electron chi connectivity index (χ2n) is 8.59. The second-order valence-corrected chi connectivity index (χ2v) is 8.59. The third kappa shape index (κ3) is 4.81. The van der Waals surface area contributed by atoms with Crippen molar-refractivity contribution in [3.05, 3.63) is 70.1 Å². The first-order valence-corrected chi connectivity index (χ1v) is 11.1. The van der Waals surface area contributed by atoms with Gasteiger partial charge in [-0.15, -0.1) is 0 Å². The Hall–Kier alpha value is -3.09. The summed E-state index contributed by atoms with van der Waals surface area (Å²) in [7, 11) is 0. The number of aromatic nitrogens is 1. The van der Waals surface area contributed by atoms with Gasteiger partial charge in [-0.3, -0.25) is 9.59 Å². The first-order chi connectivity index (χ1) is 15.0. The lowest BCUT2D eigenvalue weighted by molar-refractivity contribution is -0.122. The summed E-state index contributed by atoms with van der Waals surface area (Å²) < 4.78 is 1.85. The smallest absolute Gasteiger partial charge is 0.318 e. The maximum Gasteiger partial charge on any atom is 0.318 e. The summed E-state index contributed by atoms with van der Waals surface area (Å²) in [5.74, 6) is 0.236. The molecule has 2 aromatic rings. The van der Waals surface area contributed by atoms with E-state index in [4.69, 9.17) is 0 Å². The van der Waals surface area contributed by atoms with E-state index < -0.39 is 6.04 Å². The van der Waals surface area contributed by atoms with Gasteiger partial charge >= 0.3 is 6.03 Å². The van der Waals surface area contributed by atoms with E-state index >= 15 is 0 Å². The molecule has 2 N–H and O–H groups in total. The van der Waals surface area contributed by atoms with Crippen LogP contribution in [0.25, 0.3) is 0 Å². The summed E-state index contributed by atoms with van der Waals surface area (Å²) in [5.41, 5.74) is 2.03. The van der Waals surface area contributed by atoms with Gasteiger partial charge in [-0.25, -0.2) is 4.79 Å². The van der Waals surface area contributed by atoms with Gasteiger partial charge in [-0.05, 0) is 30.4 Å². The molecule has 1 aromatic heterocycles. The third-order valence-corrected chi connectivity index (χ3v) is 6.21. The molecule has 2 aliphatic heterocycles. The first-order valence-electron chi connectivity index (χ1n) is 11.1. The van der Waals surface area contributed by atoms with Crippen molar-refractivity contribution in [3.63, 3.8) is 0 Å². The van der Waals surface area contributed by atoms with Crippen molar-refractivity contribution in [2.75, 3.05) is 19.6 Å². The number of nitrogens with zero attached hydrogens (tertiary/aromatic N) is 2. The standard InChI is InChI=1S/C24H30N4O3/c1-2-11-25-23(30)20(13-17-7-4-3-5-8-17)26-24(31)27-14-18-12-19(16-27)21-9-6-10-22(29)28(21)15-18/h3-10,18-20H,2,11-16H2,1H3,(H,25,30)(H,26,31)/t18-,19+,20+/m1/s1. The number of likely N-dealkylation sites (tertiary alicyclic amines) is 1. The molecule has 1 fully saturated rings. The highest BCUT2D eigenvalue weighted by Crippen LogP contribution is 2.34. The minimum Gasteiger partial charge on any atom is -0.354 e. The number of carbonyl (C=O) groups is 2.